The Labute approximate surface area is 332 Å². The molecule has 306 valence electrons. The number of fused-ring (bicyclic) bond motifs is 2. The van der Waals surface area contributed by atoms with E-state index < -0.39 is 40.0 Å². The molecule has 6 nitrogen and oxygen atoms in total. The molecular weight excluding hydrogens is 762 g/mol. The van der Waals surface area contributed by atoms with Crippen molar-refractivity contribution in [3.05, 3.63) is 106 Å². The smallest absolute Gasteiger partial charge is 0.380 e. The number of rotatable bonds is 9. The molecule has 0 unspecified atom stereocenters. The van der Waals surface area contributed by atoms with Crippen molar-refractivity contribution in [1.29, 1.82) is 0 Å². The number of furan rings is 2. The molecule has 1 aliphatic carbocycles. The SMILES string of the molecule is COc1cc2oc(Cc3ccc(C(C)(C)C)cc3)c(C3=C(c4c(-c5ccc(C(C)(C)C)cc5)oc5cc(OC)c(OC)cc45)C(F)(F)C(F)(F)C3(F)F)c2cc1OC. The van der Waals surface area contributed by atoms with Crippen LogP contribution < -0.4 is 18.9 Å². The lowest BCUT2D eigenvalue weighted by Crippen LogP contribution is -2.49. The van der Waals surface area contributed by atoms with Crippen molar-refractivity contribution in [1.82, 2.24) is 0 Å². The summed E-state index contributed by atoms with van der Waals surface area (Å²) in [4.78, 5) is 0. The highest BCUT2D eigenvalue weighted by Crippen LogP contribution is 2.67. The van der Waals surface area contributed by atoms with Crippen molar-refractivity contribution in [3.63, 3.8) is 0 Å². The van der Waals surface area contributed by atoms with Gasteiger partial charge < -0.3 is 27.8 Å². The van der Waals surface area contributed by atoms with Crippen LogP contribution in [0.25, 0.3) is 44.4 Å². The van der Waals surface area contributed by atoms with E-state index in [1.165, 1.54) is 52.7 Å². The van der Waals surface area contributed by atoms with E-state index in [4.69, 9.17) is 27.8 Å². The van der Waals surface area contributed by atoms with Gasteiger partial charge in [-0.3, -0.25) is 0 Å². The Bertz CT molecular complexity index is 2570. The Balaban J connectivity index is 1.64. The average molecular weight is 807 g/mol. The van der Waals surface area contributed by atoms with Gasteiger partial charge in [0.1, 0.15) is 22.7 Å². The maximum Gasteiger partial charge on any atom is 0.380 e. The van der Waals surface area contributed by atoms with Gasteiger partial charge in [-0.2, -0.15) is 26.3 Å². The molecule has 0 saturated heterocycles. The van der Waals surface area contributed by atoms with Gasteiger partial charge in [-0.05, 0) is 39.7 Å². The maximum absolute atomic E-state index is 17.0. The van der Waals surface area contributed by atoms with E-state index in [0.29, 0.717) is 5.56 Å². The van der Waals surface area contributed by atoms with Crippen LogP contribution in [0.2, 0.25) is 0 Å². The van der Waals surface area contributed by atoms with E-state index in [1.807, 2.05) is 53.7 Å². The fraction of sp³-hybridized carbons (Fsp3) is 0.348. The number of hydrogen-bond donors (Lipinski definition) is 0. The fourth-order valence-corrected chi connectivity index (χ4v) is 7.57. The van der Waals surface area contributed by atoms with E-state index >= 15 is 26.3 Å². The number of methoxy groups -OCH3 is 4. The lowest BCUT2D eigenvalue weighted by molar-refractivity contribution is -0.254. The standard InChI is InChI=1S/C46H44F6O6/c1-42(2,3)26-15-11-24(12-16-26)19-36-37(28-20-32(53-7)34(55-9)22-30(28)57-36)39-40(45(49,50)46(51,52)44(39,47)48)38-29-21-33(54-8)35(56-10)23-31(29)58-41(38)25-13-17-27(18-14-25)43(4,5)6/h11-18,20-23H,19H2,1-10H3. The molecule has 0 radical (unpaired) electrons. The van der Waals surface area contributed by atoms with Crippen LogP contribution >= 0.6 is 0 Å². The largest absolute Gasteiger partial charge is 0.493 e. The normalized spacial score (nSPS) is 16.3. The van der Waals surface area contributed by atoms with Crippen molar-refractivity contribution < 1.29 is 54.1 Å². The lowest BCUT2D eigenvalue weighted by atomic mass is 9.85. The Hall–Kier alpha value is -5.52. The van der Waals surface area contributed by atoms with Gasteiger partial charge in [0.15, 0.2) is 23.0 Å². The van der Waals surface area contributed by atoms with Gasteiger partial charge in [-0.25, -0.2) is 0 Å². The minimum atomic E-state index is -5.91. The molecule has 0 spiro atoms. The zero-order valence-corrected chi connectivity index (χ0v) is 33.9. The third-order valence-electron chi connectivity index (χ3n) is 10.8. The van der Waals surface area contributed by atoms with Crippen LogP contribution in [0, 0.1) is 0 Å². The topological polar surface area (TPSA) is 63.2 Å². The van der Waals surface area contributed by atoms with E-state index in [1.54, 1.807) is 36.4 Å². The summed E-state index contributed by atoms with van der Waals surface area (Å²) < 4.78 is 135. The maximum atomic E-state index is 17.0. The summed E-state index contributed by atoms with van der Waals surface area (Å²) in [5, 5.41) is -0.345. The molecule has 0 aliphatic heterocycles. The molecule has 7 rings (SSSR count). The minimum Gasteiger partial charge on any atom is -0.493 e. The molecule has 2 heterocycles. The molecule has 6 aromatic rings. The van der Waals surface area contributed by atoms with Crippen LogP contribution in [-0.2, 0) is 17.3 Å². The molecule has 4 aromatic carbocycles. The van der Waals surface area contributed by atoms with E-state index in [0.717, 1.165) is 11.1 Å². The lowest BCUT2D eigenvalue weighted by Gasteiger charge is -2.26. The molecule has 0 saturated carbocycles. The Kier molecular flexibility index (Phi) is 9.68. The van der Waals surface area contributed by atoms with Crippen LogP contribution in [-0.4, -0.2) is 46.2 Å². The number of ether oxygens (including phenoxy) is 4. The van der Waals surface area contributed by atoms with Gasteiger partial charge in [-0.1, -0.05) is 90.1 Å². The predicted octanol–water partition coefficient (Wildman–Crippen LogP) is 12.9. The van der Waals surface area contributed by atoms with Crippen molar-refractivity contribution in [2.75, 3.05) is 28.4 Å². The van der Waals surface area contributed by atoms with Crippen LogP contribution in [0.4, 0.5) is 26.3 Å². The molecule has 0 N–H and O–H groups in total. The molecule has 12 heteroatoms. The summed E-state index contributed by atoms with van der Waals surface area (Å²) in [5.74, 6) is -17.1. The predicted molar refractivity (Wildman–Crippen MR) is 212 cm³/mol. The monoisotopic (exact) mass is 806 g/mol. The number of allylic oxidation sites excluding steroid dienone is 2. The molecule has 0 bridgehead atoms. The summed E-state index contributed by atoms with van der Waals surface area (Å²) in [5.41, 5.74) is -2.63. The highest BCUT2D eigenvalue weighted by Gasteiger charge is 2.81. The second-order valence-corrected chi connectivity index (χ2v) is 16.5. The highest BCUT2D eigenvalue weighted by atomic mass is 19.3. The van der Waals surface area contributed by atoms with Crippen LogP contribution in [0.5, 0.6) is 23.0 Å². The first-order valence-electron chi connectivity index (χ1n) is 18.6. The minimum absolute atomic E-state index is 0.0265. The summed E-state index contributed by atoms with van der Waals surface area (Å²) in [7, 11) is 5.29. The molecule has 1 aliphatic rings. The van der Waals surface area contributed by atoms with E-state index in [-0.39, 0.29) is 79.3 Å². The second-order valence-electron chi connectivity index (χ2n) is 16.5. The number of halogens is 6. The van der Waals surface area contributed by atoms with Gasteiger partial charge >= 0.3 is 17.8 Å². The van der Waals surface area contributed by atoms with Gasteiger partial charge in [0.05, 0.1) is 28.4 Å². The summed E-state index contributed by atoms with van der Waals surface area (Å²) in [6, 6.07) is 19.1. The van der Waals surface area contributed by atoms with Gasteiger partial charge in [0, 0.05) is 57.2 Å². The first kappa shape index (κ1) is 40.7. The van der Waals surface area contributed by atoms with Crippen LogP contribution in [0.15, 0.2) is 81.6 Å². The summed E-state index contributed by atoms with van der Waals surface area (Å²) in [6.45, 7) is 12.0. The third-order valence-corrected chi connectivity index (χ3v) is 10.8. The quantitative estimate of drug-likeness (QED) is 0.136. The number of benzene rings is 4. The Morgan fingerprint density at radius 2 is 0.914 bits per heavy atom. The van der Waals surface area contributed by atoms with E-state index in [2.05, 4.69) is 0 Å². The van der Waals surface area contributed by atoms with Gasteiger partial charge in [-0.15, -0.1) is 0 Å². The molecule has 58 heavy (non-hydrogen) atoms. The van der Waals surface area contributed by atoms with Crippen LogP contribution in [0.3, 0.4) is 0 Å². The average Bonchev–Trinajstić information content (AvgIpc) is 3.73. The molecule has 2 aromatic heterocycles. The first-order chi connectivity index (χ1) is 27.1. The number of hydrogen-bond acceptors (Lipinski definition) is 6. The zero-order chi connectivity index (χ0) is 42.3. The number of alkyl halides is 6. The zero-order valence-electron chi connectivity index (χ0n) is 33.9. The van der Waals surface area contributed by atoms with Crippen LogP contribution in [0.1, 0.15) is 75.1 Å². The molecular formula is C46H44F6O6. The Morgan fingerprint density at radius 3 is 1.36 bits per heavy atom. The van der Waals surface area contributed by atoms with Gasteiger partial charge in [0.25, 0.3) is 0 Å². The molecule has 0 fully saturated rings. The summed E-state index contributed by atoms with van der Waals surface area (Å²) >= 11 is 0. The Morgan fingerprint density at radius 1 is 0.517 bits per heavy atom. The third kappa shape index (κ3) is 6.26. The van der Waals surface area contributed by atoms with E-state index in [9.17, 15) is 0 Å². The second kappa shape index (κ2) is 13.8. The van der Waals surface area contributed by atoms with Crippen molar-refractivity contribution >= 4 is 33.1 Å². The highest BCUT2D eigenvalue weighted by molar-refractivity contribution is 6.14. The first-order valence-corrected chi connectivity index (χ1v) is 18.6. The summed E-state index contributed by atoms with van der Waals surface area (Å²) in [6.07, 6.45) is -0.221. The van der Waals surface area contributed by atoms with Gasteiger partial charge in [0.2, 0.25) is 0 Å². The van der Waals surface area contributed by atoms with Crippen molar-refractivity contribution in [2.45, 2.75) is 76.6 Å². The molecule has 0 atom stereocenters. The van der Waals surface area contributed by atoms with Crippen molar-refractivity contribution in [3.8, 4) is 34.3 Å². The molecule has 0 amide bonds. The fourth-order valence-electron chi connectivity index (χ4n) is 7.57. The van der Waals surface area contributed by atoms with Crippen molar-refractivity contribution in [2.24, 2.45) is 0 Å².